The zero-order valence-electron chi connectivity index (χ0n) is 18.5. The summed E-state index contributed by atoms with van der Waals surface area (Å²) in [5.74, 6) is 2.79. The molecule has 4 aliphatic rings. The highest BCUT2D eigenvalue weighted by molar-refractivity contribution is 7.86. The first-order valence-electron chi connectivity index (χ1n) is 12.0. The molecule has 3 fully saturated rings. The molecule has 8 nitrogen and oxygen atoms in total. The van der Waals surface area contributed by atoms with Crippen LogP contribution in [0.4, 0.5) is 11.8 Å². The quantitative estimate of drug-likeness (QED) is 0.660. The van der Waals surface area contributed by atoms with Crippen LogP contribution >= 0.6 is 11.6 Å². The van der Waals surface area contributed by atoms with Gasteiger partial charge in [0.05, 0.1) is 33.7 Å². The van der Waals surface area contributed by atoms with Gasteiger partial charge in [0.15, 0.2) is 0 Å². The first-order chi connectivity index (χ1) is 16.1. The highest BCUT2D eigenvalue weighted by Crippen LogP contribution is 2.50. The number of fused-ring (bicyclic) bond motifs is 3. The van der Waals surface area contributed by atoms with Crippen LogP contribution in [-0.4, -0.2) is 59.7 Å². The fraction of sp³-hybridized carbons (Fsp3) is 0.652. The molecule has 2 N–H and O–H groups in total. The van der Waals surface area contributed by atoms with Crippen LogP contribution in [0.5, 0.6) is 0 Å². The number of nitrogens with zero attached hydrogens (tertiary/aromatic N) is 5. The Morgan fingerprint density at radius 2 is 1.88 bits per heavy atom. The summed E-state index contributed by atoms with van der Waals surface area (Å²) < 4.78 is 13.4. The monoisotopic (exact) mass is 488 g/mol. The Labute approximate surface area is 201 Å². The third-order valence-corrected chi connectivity index (χ3v) is 10.1. The standard InChI is InChI=1S/C23H29ClN6O2S/c24-15-11-25-20(26-12-15)14-5-9-30(10-6-14)22-27-18-16-3-1-4-17(16)33(32)19(18)21(28-22)29-23(13-31)7-2-8-23/h11-12,14,16-17,31H,1-10,13H2,(H,27,28,29). The Morgan fingerprint density at radius 1 is 1.12 bits per heavy atom. The van der Waals surface area contributed by atoms with Crippen molar-refractivity contribution in [1.29, 1.82) is 0 Å². The summed E-state index contributed by atoms with van der Waals surface area (Å²) in [6, 6.07) is 0. The van der Waals surface area contributed by atoms with E-state index in [1.165, 1.54) is 0 Å². The fourth-order valence-electron chi connectivity index (χ4n) is 5.83. The molecule has 10 heteroatoms. The summed E-state index contributed by atoms with van der Waals surface area (Å²) in [4.78, 5) is 21.8. The fourth-order valence-corrected chi connectivity index (χ4v) is 7.86. The van der Waals surface area contributed by atoms with E-state index in [0.717, 1.165) is 80.9 Å². The number of nitrogens with one attached hydrogen (secondary N) is 1. The number of aromatic nitrogens is 4. The smallest absolute Gasteiger partial charge is 0.227 e. The lowest BCUT2D eigenvalue weighted by Crippen LogP contribution is -2.49. The van der Waals surface area contributed by atoms with Crippen molar-refractivity contribution in [2.45, 2.75) is 78.9 Å². The zero-order chi connectivity index (χ0) is 22.6. The number of aliphatic hydroxyl groups is 1. The van der Waals surface area contributed by atoms with Gasteiger partial charge in [-0.05, 0) is 44.9 Å². The number of hydrogen-bond donors (Lipinski definition) is 2. The summed E-state index contributed by atoms with van der Waals surface area (Å²) in [6.45, 7) is 1.70. The average Bonchev–Trinajstić information content (AvgIpc) is 3.40. The van der Waals surface area contributed by atoms with E-state index < -0.39 is 10.8 Å². The van der Waals surface area contributed by atoms with Gasteiger partial charge in [-0.2, -0.15) is 4.98 Å². The maximum atomic E-state index is 13.4. The Bertz CT molecular complexity index is 1070. The summed E-state index contributed by atoms with van der Waals surface area (Å²) >= 11 is 5.94. The maximum absolute atomic E-state index is 13.4. The van der Waals surface area contributed by atoms with Gasteiger partial charge in [-0.1, -0.05) is 18.0 Å². The van der Waals surface area contributed by atoms with Crippen molar-refractivity contribution in [3.05, 3.63) is 28.9 Å². The number of piperidine rings is 1. The van der Waals surface area contributed by atoms with Crippen LogP contribution in [-0.2, 0) is 10.8 Å². The van der Waals surface area contributed by atoms with Gasteiger partial charge in [0.25, 0.3) is 0 Å². The van der Waals surface area contributed by atoms with Gasteiger partial charge in [0.1, 0.15) is 16.5 Å². The molecule has 6 rings (SSSR count). The minimum Gasteiger partial charge on any atom is -0.394 e. The lowest BCUT2D eigenvalue weighted by atomic mass is 9.77. The normalized spacial score (nSPS) is 28.3. The van der Waals surface area contributed by atoms with Crippen molar-refractivity contribution in [2.75, 3.05) is 29.9 Å². The van der Waals surface area contributed by atoms with Crippen LogP contribution in [0.15, 0.2) is 17.3 Å². The Balaban J connectivity index is 1.29. The summed E-state index contributed by atoms with van der Waals surface area (Å²) in [5, 5.41) is 14.3. The molecule has 2 aromatic heterocycles. The average molecular weight is 489 g/mol. The molecule has 4 heterocycles. The molecule has 0 amide bonds. The van der Waals surface area contributed by atoms with E-state index >= 15 is 0 Å². The number of aliphatic hydroxyl groups excluding tert-OH is 1. The van der Waals surface area contributed by atoms with Crippen LogP contribution < -0.4 is 10.2 Å². The molecule has 3 atom stereocenters. The second kappa shape index (κ2) is 8.43. The maximum Gasteiger partial charge on any atom is 0.227 e. The topological polar surface area (TPSA) is 104 Å². The second-order valence-corrected chi connectivity index (χ2v) is 11.9. The second-order valence-electron chi connectivity index (χ2n) is 9.90. The zero-order valence-corrected chi connectivity index (χ0v) is 20.1. The SMILES string of the molecule is O=S1c2c(NC3(CO)CCC3)nc(N3CCC(c4ncc(Cl)cn4)CC3)nc2C2CCCC21. The first-order valence-corrected chi connectivity index (χ1v) is 13.6. The van der Waals surface area contributed by atoms with Gasteiger partial charge in [0, 0.05) is 42.6 Å². The van der Waals surface area contributed by atoms with Crippen molar-refractivity contribution in [3.63, 3.8) is 0 Å². The molecule has 2 aromatic rings. The summed E-state index contributed by atoms with van der Waals surface area (Å²) in [7, 11) is -1.09. The molecule has 0 spiro atoms. The van der Waals surface area contributed by atoms with Gasteiger partial charge >= 0.3 is 0 Å². The van der Waals surface area contributed by atoms with Gasteiger partial charge in [-0.15, -0.1) is 0 Å². The van der Waals surface area contributed by atoms with Crippen LogP contribution in [0.3, 0.4) is 0 Å². The lowest BCUT2D eigenvalue weighted by molar-refractivity contribution is 0.143. The van der Waals surface area contributed by atoms with Gasteiger partial charge in [-0.3, -0.25) is 4.21 Å². The molecule has 0 aromatic carbocycles. The third-order valence-electron chi connectivity index (χ3n) is 7.94. The molecule has 3 unspecified atom stereocenters. The van der Waals surface area contributed by atoms with E-state index in [-0.39, 0.29) is 23.3 Å². The Morgan fingerprint density at radius 3 is 2.55 bits per heavy atom. The first kappa shape index (κ1) is 21.7. The molecular formula is C23H29ClN6O2S. The highest BCUT2D eigenvalue weighted by Gasteiger charge is 2.47. The molecule has 2 saturated carbocycles. The third kappa shape index (κ3) is 3.72. The molecule has 0 bridgehead atoms. The molecule has 2 aliphatic carbocycles. The van der Waals surface area contributed by atoms with Crippen LogP contribution in [0.1, 0.15) is 74.7 Å². The minimum atomic E-state index is -1.09. The van der Waals surface area contributed by atoms with E-state index in [9.17, 15) is 9.32 Å². The molecule has 1 saturated heterocycles. The van der Waals surface area contributed by atoms with Crippen molar-refractivity contribution in [3.8, 4) is 0 Å². The molecule has 33 heavy (non-hydrogen) atoms. The van der Waals surface area contributed by atoms with Crippen molar-refractivity contribution in [1.82, 2.24) is 19.9 Å². The van der Waals surface area contributed by atoms with E-state index in [2.05, 4.69) is 20.2 Å². The largest absolute Gasteiger partial charge is 0.394 e. The minimum absolute atomic E-state index is 0.0626. The van der Waals surface area contributed by atoms with Crippen LogP contribution in [0.25, 0.3) is 0 Å². The summed E-state index contributed by atoms with van der Waals surface area (Å²) in [6.07, 6.45) is 11.2. The summed E-state index contributed by atoms with van der Waals surface area (Å²) in [5.41, 5.74) is 0.624. The molecule has 0 radical (unpaired) electrons. The van der Waals surface area contributed by atoms with E-state index in [0.29, 0.717) is 22.7 Å². The van der Waals surface area contributed by atoms with Gasteiger partial charge < -0.3 is 15.3 Å². The number of rotatable bonds is 5. The lowest BCUT2D eigenvalue weighted by Gasteiger charge is -2.42. The Hall–Kier alpha value is -1.84. The van der Waals surface area contributed by atoms with Gasteiger partial charge in [-0.25, -0.2) is 15.0 Å². The van der Waals surface area contributed by atoms with Crippen molar-refractivity contribution in [2.24, 2.45) is 0 Å². The molecule has 176 valence electrons. The highest BCUT2D eigenvalue weighted by atomic mass is 35.5. The van der Waals surface area contributed by atoms with E-state index in [1.807, 2.05) is 0 Å². The Kier molecular flexibility index (Phi) is 5.54. The number of hydrogen-bond acceptors (Lipinski definition) is 8. The van der Waals surface area contributed by atoms with E-state index in [4.69, 9.17) is 21.6 Å². The number of anilines is 2. The molecular weight excluding hydrogens is 460 g/mol. The van der Waals surface area contributed by atoms with Crippen LogP contribution in [0.2, 0.25) is 5.02 Å². The van der Waals surface area contributed by atoms with Crippen molar-refractivity contribution >= 4 is 34.2 Å². The van der Waals surface area contributed by atoms with E-state index in [1.54, 1.807) is 12.4 Å². The predicted molar refractivity (Wildman–Crippen MR) is 127 cm³/mol. The molecule has 2 aliphatic heterocycles. The van der Waals surface area contributed by atoms with Crippen LogP contribution in [0, 0.1) is 0 Å². The predicted octanol–water partition coefficient (Wildman–Crippen LogP) is 3.39. The van der Waals surface area contributed by atoms with Gasteiger partial charge in [0.2, 0.25) is 5.95 Å². The number of halogens is 1. The van der Waals surface area contributed by atoms with Crippen molar-refractivity contribution < 1.29 is 9.32 Å².